The number of amides is 1. The van der Waals surface area contributed by atoms with Crippen LogP contribution in [0, 0.1) is 11.6 Å². The minimum absolute atomic E-state index is 0. The first-order chi connectivity index (χ1) is 11.1. The Morgan fingerprint density at radius 3 is 2.58 bits per heavy atom. The van der Waals surface area contributed by atoms with E-state index in [0.717, 1.165) is 51.4 Å². The lowest BCUT2D eigenvalue weighted by Crippen LogP contribution is -2.52. The van der Waals surface area contributed by atoms with Gasteiger partial charge in [0, 0.05) is 50.5 Å². The topological polar surface area (TPSA) is 47.6 Å². The highest BCUT2D eigenvalue weighted by Crippen LogP contribution is 2.14. The van der Waals surface area contributed by atoms with E-state index < -0.39 is 11.6 Å². The van der Waals surface area contributed by atoms with Crippen LogP contribution in [0.15, 0.2) is 18.2 Å². The Morgan fingerprint density at radius 1 is 1.21 bits per heavy atom. The number of halogens is 3. The predicted molar refractivity (Wildman–Crippen MR) is 91.5 cm³/mol. The molecular formula is C16H23ClF2N4O. The van der Waals surface area contributed by atoms with E-state index >= 15 is 0 Å². The standard InChI is InChI=1S/C16H22F2N4O.ClH/c17-14-2-1-12(9-15(14)18)20-16(23)11-21-5-7-22(8-6-21)13-3-4-19-10-13;/h1-2,9,13,19H,3-8,10-11H2,(H,20,23);1H. The van der Waals surface area contributed by atoms with Gasteiger partial charge >= 0.3 is 0 Å². The molecule has 1 atom stereocenters. The number of carbonyl (C=O) groups excluding carboxylic acids is 1. The van der Waals surface area contributed by atoms with Crippen LogP contribution < -0.4 is 10.6 Å². The molecule has 24 heavy (non-hydrogen) atoms. The van der Waals surface area contributed by atoms with Crippen LogP contribution in [0.5, 0.6) is 0 Å². The maximum absolute atomic E-state index is 13.1. The summed E-state index contributed by atoms with van der Waals surface area (Å²) in [6.45, 7) is 6.03. The molecular weight excluding hydrogens is 338 g/mol. The summed E-state index contributed by atoms with van der Waals surface area (Å²) in [5, 5.41) is 5.98. The third kappa shape index (κ3) is 4.86. The first-order valence-electron chi connectivity index (χ1n) is 8.04. The highest BCUT2D eigenvalue weighted by molar-refractivity contribution is 5.92. The molecule has 1 unspecified atom stereocenters. The van der Waals surface area contributed by atoms with E-state index in [4.69, 9.17) is 0 Å². The van der Waals surface area contributed by atoms with Crippen LogP contribution in [0.2, 0.25) is 0 Å². The fourth-order valence-electron chi connectivity index (χ4n) is 3.22. The van der Waals surface area contributed by atoms with Gasteiger partial charge in [-0.2, -0.15) is 0 Å². The quantitative estimate of drug-likeness (QED) is 0.850. The summed E-state index contributed by atoms with van der Waals surface area (Å²) in [4.78, 5) is 16.6. The molecule has 0 bridgehead atoms. The molecule has 2 saturated heterocycles. The summed E-state index contributed by atoms with van der Waals surface area (Å²) in [6, 6.07) is 3.99. The molecule has 0 radical (unpaired) electrons. The Hall–Kier alpha value is -1.28. The molecule has 2 fully saturated rings. The van der Waals surface area contributed by atoms with Crippen molar-refractivity contribution in [3.63, 3.8) is 0 Å². The summed E-state index contributed by atoms with van der Waals surface area (Å²) >= 11 is 0. The van der Waals surface area contributed by atoms with Crippen molar-refractivity contribution in [2.75, 3.05) is 51.1 Å². The van der Waals surface area contributed by atoms with Crippen molar-refractivity contribution in [2.24, 2.45) is 0 Å². The van der Waals surface area contributed by atoms with Gasteiger partial charge in [0.25, 0.3) is 0 Å². The minimum atomic E-state index is -0.957. The minimum Gasteiger partial charge on any atom is -0.325 e. The molecule has 0 aromatic heterocycles. The summed E-state index contributed by atoms with van der Waals surface area (Å²) in [6.07, 6.45) is 1.19. The number of piperazine rings is 1. The Kier molecular flexibility index (Phi) is 6.91. The maximum atomic E-state index is 13.1. The second-order valence-electron chi connectivity index (χ2n) is 6.14. The lowest BCUT2D eigenvalue weighted by Gasteiger charge is -2.37. The number of anilines is 1. The average Bonchev–Trinajstić information content (AvgIpc) is 3.06. The molecule has 1 aromatic carbocycles. The van der Waals surface area contributed by atoms with Gasteiger partial charge in [0.2, 0.25) is 5.91 Å². The van der Waals surface area contributed by atoms with Gasteiger partial charge < -0.3 is 10.6 Å². The summed E-state index contributed by atoms with van der Waals surface area (Å²) in [5.74, 6) is -2.07. The Bertz CT molecular complexity index is 561. The number of carbonyl (C=O) groups is 1. The molecule has 1 aromatic rings. The molecule has 5 nitrogen and oxygen atoms in total. The number of benzene rings is 1. The summed E-state index contributed by atoms with van der Waals surface area (Å²) in [5.41, 5.74) is 0.282. The molecule has 8 heteroatoms. The first-order valence-corrected chi connectivity index (χ1v) is 8.04. The first kappa shape index (κ1) is 19.1. The molecule has 2 aliphatic heterocycles. The largest absolute Gasteiger partial charge is 0.325 e. The van der Waals surface area contributed by atoms with Crippen LogP contribution >= 0.6 is 12.4 Å². The van der Waals surface area contributed by atoms with Gasteiger partial charge in [-0.05, 0) is 25.1 Å². The van der Waals surface area contributed by atoms with E-state index in [1.165, 1.54) is 12.5 Å². The van der Waals surface area contributed by atoms with Crippen LogP contribution in [0.25, 0.3) is 0 Å². The van der Waals surface area contributed by atoms with Crippen molar-refractivity contribution in [1.82, 2.24) is 15.1 Å². The molecule has 2 aliphatic rings. The molecule has 2 N–H and O–H groups in total. The summed E-state index contributed by atoms with van der Waals surface area (Å²) < 4.78 is 26.0. The van der Waals surface area contributed by atoms with Gasteiger partial charge in [-0.15, -0.1) is 12.4 Å². The van der Waals surface area contributed by atoms with Crippen molar-refractivity contribution in [3.05, 3.63) is 29.8 Å². The number of nitrogens with zero attached hydrogens (tertiary/aromatic N) is 2. The van der Waals surface area contributed by atoms with Crippen molar-refractivity contribution in [2.45, 2.75) is 12.5 Å². The van der Waals surface area contributed by atoms with E-state index in [2.05, 4.69) is 20.4 Å². The third-order valence-electron chi connectivity index (χ3n) is 4.53. The predicted octanol–water partition coefficient (Wildman–Crippen LogP) is 1.30. The van der Waals surface area contributed by atoms with E-state index in [0.29, 0.717) is 6.04 Å². The number of rotatable bonds is 4. The van der Waals surface area contributed by atoms with Gasteiger partial charge in [-0.1, -0.05) is 0 Å². The number of nitrogens with one attached hydrogen (secondary N) is 2. The number of hydrogen-bond donors (Lipinski definition) is 2. The second kappa shape index (κ2) is 8.71. The van der Waals surface area contributed by atoms with Gasteiger partial charge in [0.15, 0.2) is 11.6 Å². The smallest absolute Gasteiger partial charge is 0.238 e. The molecule has 1 amide bonds. The van der Waals surface area contributed by atoms with Crippen LogP contribution in [0.3, 0.4) is 0 Å². The van der Waals surface area contributed by atoms with Crippen molar-refractivity contribution in [1.29, 1.82) is 0 Å². The van der Waals surface area contributed by atoms with Crippen LogP contribution in [0.4, 0.5) is 14.5 Å². The second-order valence-corrected chi connectivity index (χ2v) is 6.14. The lowest BCUT2D eigenvalue weighted by molar-refractivity contribution is -0.117. The average molecular weight is 361 g/mol. The van der Waals surface area contributed by atoms with Gasteiger partial charge in [0.05, 0.1) is 6.54 Å². The van der Waals surface area contributed by atoms with Gasteiger partial charge in [-0.3, -0.25) is 14.6 Å². The van der Waals surface area contributed by atoms with E-state index in [1.54, 1.807) is 0 Å². The Labute approximate surface area is 146 Å². The highest BCUT2D eigenvalue weighted by Gasteiger charge is 2.26. The fraction of sp³-hybridized carbons (Fsp3) is 0.562. The van der Waals surface area contributed by atoms with Crippen molar-refractivity contribution in [3.8, 4) is 0 Å². The zero-order chi connectivity index (χ0) is 16.2. The van der Waals surface area contributed by atoms with Crippen molar-refractivity contribution < 1.29 is 13.6 Å². The normalized spacial score (nSPS) is 22.2. The van der Waals surface area contributed by atoms with Gasteiger partial charge in [-0.25, -0.2) is 8.78 Å². The molecule has 0 aliphatic carbocycles. The molecule has 2 heterocycles. The van der Waals surface area contributed by atoms with E-state index in [-0.39, 0.29) is 30.5 Å². The zero-order valence-electron chi connectivity index (χ0n) is 13.4. The van der Waals surface area contributed by atoms with Crippen LogP contribution in [-0.2, 0) is 4.79 Å². The Balaban J connectivity index is 0.00000208. The molecule has 134 valence electrons. The maximum Gasteiger partial charge on any atom is 0.238 e. The monoisotopic (exact) mass is 360 g/mol. The molecule has 0 saturated carbocycles. The lowest BCUT2D eigenvalue weighted by atomic mass is 10.2. The van der Waals surface area contributed by atoms with Gasteiger partial charge in [0.1, 0.15) is 0 Å². The summed E-state index contributed by atoms with van der Waals surface area (Å²) in [7, 11) is 0. The molecule has 0 spiro atoms. The van der Waals surface area contributed by atoms with E-state index in [9.17, 15) is 13.6 Å². The van der Waals surface area contributed by atoms with Crippen molar-refractivity contribution >= 4 is 24.0 Å². The highest BCUT2D eigenvalue weighted by atomic mass is 35.5. The SMILES string of the molecule is Cl.O=C(CN1CCN(C2CCNC2)CC1)Nc1ccc(F)c(F)c1. The third-order valence-corrected chi connectivity index (χ3v) is 4.53. The zero-order valence-corrected chi connectivity index (χ0v) is 14.2. The fourth-order valence-corrected chi connectivity index (χ4v) is 3.22. The molecule has 3 rings (SSSR count). The van der Waals surface area contributed by atoms with Crippen LogP contribution in [-0.4, -0.2) is 67.6 Å². The number of hydrogen-bond acceptors (Lipinski definition) is 4. The van der Waals surface area contributed by atoms with Crippen LogP contribution in [0.1, 0.15) is 6.42 Å². The van der Waals surface area contributed by atoms with E-state index in [1.807, 2.05) is 0 Å². The Morgan fingerprint density at radius 2 is 1.96 bits per heavy atom.